The van der Waals surface area contributed by atoms with Crippen molar-refractivity contribution in [3.05, 3.63) is 48.3 Å². The van der Waals surface area contributed by atoms with Gasteiger partial charge >= 0.3 is 0 Å². The second-order valence-corrected chi connectivity index (χ2v) is 5.21. The third-order valence-electron chi connectivity index (χ3n) is 3.50. The summed E-state index contributed by atoms with van der Waals surface area (Å²) in [5.74, 6) is 1.85. The number of anilines is 1. The van der Waals surface area contributed by atoms with E-state index in [0.717, 1.165) is 11.3 Å². The minimum absolute atomic E-state index is 0. The molecule has 0 spiro atoms. The molecular formula is C18H25IN4O3. The predicted octanol–water partition coefficient (Wildman–Crippen LogP) is 2.83. The van der Waals surface area contributed by atoms with Gasteiger partial charge in [-0.15, -0.1) is 24.0 Å². The molecule has 1 aromatic heterocycles. The van der Waals surface area contributed by atoms with Crippen molar-refractivity contribution in [3.63, 3.8) is 0 Å². The fourth-order valence-corrected chi connectivity index (χ4v) is 2.23. The lowest BCUT2D eigenvalue weighted by molar-refractivity contribution is 0.187. The fourth-order valence-electron chi connectivity index (χ4n) is 2.23. The number of methoxy groups -OCH3 is 2. The highest BCUT2D eigenvalue weighted by atomic mass is 127. The van der Waals surface area contributed by atoms with Gasteiger partial charge in [0.25, 0.3) is 0 Å². The van der Waals surface area contributed by atoms with Gasteiger partial charge in [0.05, 0.1) is 26.9 Å². The first kappa shape index (κ1) is 22.0. The summed E-state index contributed by atoms with van der Waals surface area (Å²) in [5.41, 5.74) is 1.58. The summed E-state index contributed by atoms with van der Waals surface area (Å²) in [6.07, 6.45) is 2.61. The number of rotatable bonds is 7. The first-order valence-corrected chi connectivity index (χ1v) is 8.03. The number of ether oxygens (including phenoxy) is 2. The van der Waals surface area contributed by atoms with Crippen LogP contribution in [0, 0.1) is 0 Å². The van der Waals surface area contributed by atoms with Crippen molar-refractivity contribution < 1.29 is 14.6 Å². The smallest absolute Gasteiger partial charge is 0.195 e. The first-order valence-electron chi connectivity index (χ1n) is 8.03. The van der Waals surface area contributed by atoms with Crippen LogP contribution in [0.4, 0.5) is 5.69 Å². The van der Waals surface area contributed by atoms with Crippen molar-refractivity contribution in [2.24, 2.45) is 4.99 Å². The van der Waals surface area contributed by atoms with Crippen LogP contribution in [-0.4, -0.2) is 43.4 Å². The lowest BCUT2D eigenvalue weighted by Gasteiger charge is -2.15. The molecule has 2 aromatic rings. The number of nitrogens with zero attached hydrogens (tertiary/aromatic N) is 2. The molecule has 0 saturated heterocycles. The summed E-state index contributed by atoms with van der Waals surface area (Å²) in [6.45, 7) is 2.90. The zero-order valence-electron chi connectivity index (χ0n) is 15.1. The monoisotopic (exact) mass is 472 g/mol. The average molecular weight is 472 g/mol. The number of nitrogens with one attached hydrogen (secondary N) is 2. The van der Waals surface area contributed by atoms with Crippen LogP contribution in [0.2, 0.25) is 0 Å². The maximum atomic E-state index is 10.2. The molecule has 0 aliphatic heterocycles. The maximum Gasteiger partial charge on any atom is 0.195 e. The zero-order valence-corrected chi connectivity index (χ0v) is 17.4. The predicted molar refractivity (Wildman–Crippen MR) is 114 cm³/mol. The van der Waals surface area contributed by atoms with E-state index in [1.807, 2.05) is 25.1 Å². The van der Waals surface area contributed by atoms with Crippen molar-refractivity contribution in [2.45, 2.75) is 13.0 Å². The summed E-state index contributed by atoms with van der Waals surface area (Å²) in [6, 6.07) is 9.05. The van der Waals surface area contributed by atoms with Crippen LogP contribution in [0.3, 0.4) is 0 Å². The van der Waals surface area contributed by atoms with E-state index in [0.29, 0.717) is 24.0 Å². The van der Waals surface area contributed by atoms with Crippen molar-refractivity contribution in [1.29, 1.82) is 0 Å². The summed E-state index contributed by atoms with van der Waals surface area (Å²) < 4.78 is 10.5. The Morgan fingerprint density at radius 1 is 1.15 bits per heavy atom. The molecule has 0 aliphatic carbocycles. The maximum absolute atomic E-state index is 10.2. The van der Waals surface area contributed by atoms with Crippen LogP contribution < -0.4 is 20.1 Å². The number of aliphatic hydroxyl groups is 1. The van der Waals surface area contributed by atoms with Gasteiger partial charge in [0.2, 0.25) is 0 Å². The van der Waals surface area contributed by atoms with E-state index >= 15 is 0 Å². The molecule has 0 aliphatic rings. The summed E-state index contributed by atoms with van der Waals surface area (Å²) in [7, 11) is 3.18. The largest absolute Gasteiger partial charge is 0.493 e. The quantitative estimate of drug-likeness (QED) is 0.327. The lowest BCUT2D eigenvalue weighted by atomic mass is 10.1. The van der Waals surface area contributed by atoms with Crippen molar-refractivity contribution in [2.75, 3.05) is 32.6 Å². The van der Waals surface area contributed by atoms with E-state index in [2.05, 4.69) is 20.6 Å². The molecule has 2 rings (SSSR count). The van der Waals surface area contributed by atoms with Crippen LogP contribution in [-0.2, 0) is 0 Å². The minimum Gasteiger partial charge on any atom is -0.493 e. The van der Waals surface area contributed by atoms with Gasteiger partial charge in [-0.2, -0.15) is 0 Å². The van der Waals surface area contributed by atoms with Gasteiger partial charge in [0.15, 0.2) is 17.5 Å². The van der Waals surface area contributed by atoms with Gasteiger partial charge in [-0.1, -0.05) is 0 Å². The van der Waals surface area contributed by atoms with Gasteiger partial charge in [0.1, 0.15) is 0 Å². The Morgan fingerprint density at radius 3 is 2.46 bits per heavy atom. The Bertz CT molecular complexity index is 698. The SMILES string of the molecule is CCNC(=NCC(O)c1ccncc1)Nc1ccc(OC)c(OC)c1.I. The Kier molecular flexibility index (Phi) is 9.74. The standard InChI is InChI=1S/C18H24N4O3.HI/c1-4-20-18(21-12-15(23)13-7-9-19-10-8-13)22-14-5-6-16(24-2)17(11-14)25-3;/h5-11,15,23H,4,12H2,1-3H3,(H2,20,21,22);1H. The topological polar surface area (TPSA) is 88.0 Å². The molecule has 0 fully saturated rings. The molecular weight excluding hydrogens is 447 g/mol. The molecule has 26 heavy (non-hydrogen) atoms. The number of benzene rings is 1. The zero-order chi connectivity index (χ0) is 18.1. The van der Waals surface area contributed by atoms with Gasteiger partial charge in [0, 0.05) is 30.7 Å². The first-order chi connectivity index (χ1) is 12.2. The van der Waals surface area contributed by atoms with E-state index in [4.69, 9.17) is 9.47 Å². The van der Waals surface area contributed by atoms with Gasteiger partial charge in [-0.3, -0.25) is 4.98 Å². The van der Waals surface area contributed by atoms with Crippen LogP contribution in [0.15, 0.2) is 47.7 Å². The van der Waals surface area contributed by atoms with Gasteiger partial charge in [-0.05, 0) is 36.8 Å². The highest BCUT2D eigenvalue weighted by Crippen LogP contribution is 2.29. The average Bonchev–Trinajstić information content (AvgIpc) is 2.66. The summed E-state index contributed by atoms with van der Waals surface area (Å²) >= 11 is 0. The lowest BCUT2D eigenvalue weighted by Crippen LogP contribution is -2.31. The number of pyridine rings is 1. The summed E-state index contributed by atoms with van der Waals surface area (Å²) in [4.78, 5) is 8.38. The number of hydrogen-bond acceptors (Lipinski definition) is 5. The van der Waals surface area contributed by atoms with Crippen LogP contribution in [0.25, 0.3) is 0 Å². The number of guanidine groups is 1. The Morgan fingerprint density at radius 2 is 1.85 bits per heavy atom. The number of hydrogen-bond donors (Lipinski definition) is 3. The fraction of sp³-hybridized carbons (Fsp3) is 0.333. The second kappa shape index (κ2) is 11.5. The van der Waals surface area contributed by atoms with E-state index in [1.54, 1.807) is 38.7 Å². The molecule has 1 aromatic carbocycles. The van der Waals surface area contributed by atoms with Crippen LogP contribution >= 0.6 is 24.0 Å². The Labute approximate surface area is 170 Å². The molecule has 0 amide bonds. The normalized spacial score (nSPS) is 11.9. The minimum atomic E-state index is -0.691. The Balaban J connectivity index is 0.00000338. The molecule has 0 saturated carbocycles. The van der Waals surface area contributed by atoms with Gasteiger partial charge < -0.3 is 25.2 Å². The third kappa shape index (κ3) is 6.34. The molecule has 142 valence electrons. The molecule has 1 atom stereocenters. The van der Waals surface area contributed by atoms with Crippen molar-refractivity contribution >= 4 is 35.6 Å². The molecule has 0 radical (unpaired) electrons. The number of aliphatic hydroxyl groups excluding tert-OH is 1. The molecule has 1 heterocycles. The van der Waals surface area contributed by atoms with Crippen molar-refractivity contribution in [1.82, 2.24) is 10.3 Å². The van der Waals surface area contributed by atoms with Crippen LogP contribution in [0.1, 0.15) is 18.6 Å². The highest BCUT2D eigenvalue weighted by molar-refractivity contribution is 14.0. The van der Waals surface area contributed by atoms with E-state index < -0.39 is 6.10 Å². The van der Waals surface area contributed by atoms with E-state index in [-0.39, 0.29) is 30.5 Å². The number of aliphatic imine (C=N–C) groups is 1. The third-order valence-corrected chi connectivity index (χ3v) is 3.50. The van der Waals surface area contributed by atoms with E-state index in [1.165, 1.54) is 0 Å². The van der Waals surface area contributed by atoms with Crippen LogP contribution in [0.5, 0.6) is 11.5 Å². The Hall–Kier alpha value is -2.07. The van der Waals surface area contributed by atoms with Crippen molar-refractivity contribution in [3.8, 4) is 11.5 Å². The molecule has 3 N–H and O–H groups in total. The van der Waals surface area contributed by atoms with E-state index in [9.17, 15) is 5.11 Å². The number of halogens is 1. The highest BCUT2D eigenvalue weighted by Gasteiger charge is 2.09. The molecule has 7 nitrogen and oxygen atoms in total. The molecule has 0 bridgehead atoms. The molecule has 1 unspecified atom stereocenters. The van der Waals surface area contributed by atoms with Gasteiger partial charge in [-0.25, -0.2) is 4.99 Å². The summed E-state index contributed by atoms with van der Waals surface area (Å²) in [5, 5.41) is 16.6. The second-order valence-electron chi connectivity index (χ2n) is 5.21. The molecule has 8 heteroatoms. The number of aromatic nitrogens is 1.